The van der Waals surface area contributed by atoms with Crippen molar-refractivity contribution in [2.24, 2.45) is 5.92 Å². The molecule has 0 aliphatic heterocycles. The van der Waals surface area contributed by atoms with Gasteiger partial charge in [-0.15, -0.1) is 0 Å². The lowest BCUT2D eigenvalue weighted by Crippen LogP contribution is -2.54. The van der Waals surface area contributed by atoms with Gasteiger partial charge in [0.05, 0.1) is 7.11 Å². The molecule has 2 aliphatic rings. The second kappa shape index (κ2) is 5.80. The molecular weight excluding hydrogens is 240 g/mol. The molecule has 0 amide bonds. The normalized spacial score (nSPS) is 24.1. The maximum Gasteiger partial charge on any atom is 0.325 e. The molecule has 0 heterocycles. The molecule has 2 fully saturated rings. The van der Waals surface area contributed by atoms with E-state index in [-0.39, 0.29) is 5.97 Å². The molecule has 0 bridgehead atoms. The fourth-order valence-corrected chi connectivity index (χ4v) is 2.74. The first-order chi connectivity index (χ1) is 8.94. The van der Waals surface area contributed by atoms with Crippen LogP contribution in [0.4, 0.5) is 0 Å². The van der Waals surface area contributed by atoms with E-state index in [9.17, 15) is 4.79 Å². The van der Waals surface area contributed by atoms with E-state index in [0.717, 1.165) is 18.9 Å². The van der Waals surface area contributed by atoms with Gasteiger partial charge >= 0.3 is 5.97 Å². The Kier molecular flexibility index (Phi) is 4.51. The van der Waals surface area contributed by atoms with Crippen LogP contribution in [0.3, 0.4) is 0 Å². The quantitative estimate of drug-likeness (QED) is 0.682. The van der Waals surface area contributed by atoms with Crippen molar-refractivity contribution in [1.29, 1.82) is 0 Å². The highest BCUT2D eigenvalue weighted by atomic mass is 16.5. The number of esters is 1. The molecule has 2 rings (SSSR count). The Bertz CT molecular complexity index is 326. The lowest BCUT2D eigenvalue weighted by atomic mass is 9.92. The monoisotopic (exact) mass is 268 g/mol. The highest BCUT2D eigenvalue weighted by molar-refractivity contribution is 5.80. The minimum atomic E-state index is -0.548. The van der Waals surface area contributed by atoms with Crippen LogP contribution in [0.15, 0.2) is 0 Å². The molecule has 0 aromatic carbocycles. The minimum Gasteiger partial charge on any atom is -0.468 e. The van der Waals surface area contributed by atoms with Gasteiger partial charge in [-0.3, -0.25) is 10.1 Å². The maximum atomic E-state index is 12.1. The molecular formula is C15H28N2O2. The zero-order chi connectivity index (χ0) is 14.0. The molecule has 0 radical (unpaired) electrons. The first kappa shape index (κ1) is 14.8. The molecule has 1 N–H and O–H groups in total. The third-order valence-electron chi connectivity index (χ3n) is 4.44. The summed E-state index contributed by atoms with van der Waals surface area (Å²) in [5, 5.41) is 3.47. The van der Waals surface area contributed by atoms with Gasteiger partial charge in [-0.25, -0.2) is 0 Å². The largest absolute Gasteiger partial charge is 0.468 e. The number of ether oxygens (including phenoxy) is 1. The van der Waals surface area contributed by atoms with Crippen molar-refractivity contribution in [1.82, 2.24) is 10.2 Å². The van der Waals surface area contributed by atoms with E-state index in [4.69, 9.17) is 4.74 Å². The van der Waals surface area contributed by atoms with E-state index in [2.05, 4.69) is 24.2 Å². The summed E-state index contributed by atoms with van der Waals surface area (Å²) in [6.45, 7) is 5.35. The number of methoxy groups -OCH3 is 1. The zero-order valence-electron chi connectivity index (χ0n) is 12.7. The molecule has 110 valence electrons. The van der Waals surface area contributed by atoms with Crippen LogP contribution in [-0.2, 0) is 9.53 Å². The van der Waals surface area contributed by atoms with Crippen molar-refractivity contribution in [3.8, 4) is 0 Å². The first-order valence-corrected chi connectivity index (χ1v) is 7.51. The van der Waals surface area contributed by atoms with Crippen LogP contribution < -0.4 is 5.32 Å². The minimum absolute atomic E-state index is 0.133. The van der Waals surface area contributed by atoms with Gasteiger partial charge in [-0.2, -0.15) is 0 Å². The van der Waals surface area contributed by atoms with E-state index in [1.807, 2.05) is 6.92 Å². The van der Waals surface area contributed by atoms with Crippen LogP contribution in [0.2, 0.25) is 0 Å². The summed E-state index contributed by atoms with van der Waals surface area (Å²) in [4.78, 5) is 14.5. The van der Waals surface area contributed by atoms with Gasteiger partial charge in [0.2, 0.25) is 0 Å². The lowest BCUT2D eigenvalue weighted by molar-refractivity contribution is -0.148. The SMILES string of the molecule is COC(=O)C(C)(CC(C)N(C)CC1CC1)NC1CC1. The summed E-state index contributed by atoms with van der Waals surface area (Å²) < 4.78 is 5.00. The van der Waals surface area contributed by atoms with Crippen molar-refractivity contribution in [2.75, 3.05) is 20.7 Å². The van der Waals surface area contributed by atoms with E-state index in [1.165, 1.54) is 32.8 Å². The number of carbonyl (C=O) groups is 1. The Labute approximate surface area is 116 Å². The topological polar surface area (TPSA) is 41.6 Å². The summed E-state index contributed by atoms with van der Waals surface area (Å²) in [7, 11) is 3.64. The van der Waals surface area contributed by atoms with E-state index < -0.39 is 5.54 Å². The molecule has 0 aromatic heterocycles. The number of hydrogen-bond donors (Lipinski definition) is 1. The molecule has 0 aromatic rings. The van der Waals surface area contributed by atoms with Gasteiger partial charge in [0.15, 0.2) is 0 Å². The van der Waals surface area contributed by atoms with Gasteiger partial charge in [-0.05, 0) is 58.9 Å². The van der Waals surface area contributed by atoms with Crippen LogP contribution >= 0.6 is 0 Å². The number of nitrogens with one attached hydrogen (secondary N) is 1. The fraction of sp³-hybridized carbons (Fsp3) is 0.933. The van der Waals surface area contributed by atoms with Crippen LogP contribution in [-0.4, -0.2) is 49.2 Å². The molecule has 0 spiro atoms. The fourth-order valence-electron chi connectivity index (χ4n) is 2.74. The van der Waals surface area contributed by atoms with Gasteiger partial charge in [-0.1, -0.05) is 0 Å². The van der Waals surface area contributed by atoms with Crippen LogP contribution in [0.1, 0.15) is 46.0 Å². The third kappa shape index (κ3) is 4.18. The van der Waals surface area contributed by atoms with E-state index in [1.54, 1.807) is 0 Å². The van der Waals surface area contributed by atoms with Gasteiger partial charge in [0.1, 0.15) is 5.54 Å². The third-order valence-corrected chi connectivity index (χ3v) is 4.44. The molecule has 2 saturated carbocycles. The molecule has 2 aliphatic carbocycles. The number of hydrogen-bond acceptors (Lipinski definition) is 4. The Balaban J connectivity index is 1.90. The Hall–Kier alpha value is -0.610. The smallest absolute Gasteiger partial charge is 0.325 e. The maximum absolute atomic E-state index is 12.1. The molecule has 19 heavy (non-hydrogen) atoms. The van der Waals surface area contributed by atoms with Gasteiger partial charge in [0, 0.05) is 18.6 Å². The zero-order valence-corrected chi connectivity index (χ0v) is 12.7. The Morgan fingerprint density at radius 3 is 2.53 bits per heavy atom. The number of rotatable bonds is 8. The van der Waals surface area contributed by atoms with Crippen LogP contribution in [0.5, 0.6) is 0 Å². The molecule has 4 heteroatoms. The summed E-state index contributed by atoms with van der Waals surface area (Å²) in [6.07, 6.45) is 5.90. The van der Waals surface area contributed by atoms with Crippen molar-refractivity contribution in [3.05, 3.63) is 0 Å². The lowest BCUT2D eigenvalue weighted by Gasteiger charge is -2.34. The number of nitrogens with zero attached hydrogens (tertiary/aromatic N) is 1. The number of carbonyl (C=O) groups excluding carboxylic acids is 1. The van der Waals surface area contributed by atoms with Crippen molar-refractivity contribution in [2.45, 2.75) is 63.6 Å². The Morgan fingerprint density at radius 1 is 1.42 bits per heavy atom. The Morgan fingerprint density at radius 2 is 2.05 bits per heavy atom. The average Bonchev–Trinajstić information content (AvgIpc) is 3.24. The summed E-state index contributed by atoms with van der Waals surface area (Å²) in [5.74, 6) is 0.749. The highest BCUT2D eigenvalue weighted by Crippen LogP contribution is 2.31. The van der Waals surface area contributed by atoms with E-state index in [0.29, 0.717) is 12.1 Å². The van der Waals surface area contributed by atoms with E-state index >= 15 is 0 Å². The van der Waals surface area contributed by atoms with Gasteiger partial charge in [0.25, 0.3) is 0 Å². The summed E-state index contributed by atoms with van der Waals surface area (Å²) in [5.41, 5.74) is -0.548. The first-order valence-electron chi connectivity index (χ1n) is 7.51. The standard InChI is InChI=1S/C15H28N2O2/c1-11(17(3)10-12-5-6-12)9-15(2,14(18)19-4)16-13-7-8-13/h11-13,16H,5-10H2,1-4H3. The van der Waals surface area contributed by atoms with Crippen LogP contribution in [0.25, 0.3) is 0 Å². The molecule has 4 nitrogen and oxygen atoms in total. The predicted molar refractivity (Wildman–Crippen MR) is 76.0 cm³/mol. The van der Waals surface area contributed by atoms with Crippen molar-refractivity contribution in [3.63, 3.8) is 0 Å². The second-order valence-electron chi connectivity index (χ2n) is 6.68. The van der Waals surface area contributed by atoms with Crippen LogP contribution in [0, 0.1) is 5.92 Å². The van der Waals surface area contributed by atoms with Gasteiger partial charge < -0.3 is 9.64 Å². The highest BCUT2D eigenvalue weighted by Gasteiger charge is 2.41. The predicted octanol–water partition coefficient (Wildman–Crippen LogP) is 1.79. The van der Waals surface area contributed by atoms with Crippen molar-refractivity contribution < 1.29 is 9.53 Å². The second-order valence-corrected chi connectivity index (χ2v) is 6.68. The molecule has 2 atom stereocenters. The molecule has 2 unspecified atom stereocenters. The average molecular weight is 268 g/mol. The molecule has 0 saturated heterocycles. The summed E-state index contributed by atoms with van der Waals surface area (Å²) in [6, 6.07) is 0.890. The van der Waals surface area contributed by atoms with Crippen molar-refractivity contribution >= 4 is 5.97 Å². The summed E-state index contributed by atoms with van der Waals surface area (Å²) >= 11 is 0.